The molecule has 1 amide bonds. The summed E-state index contributed by atoms with van der Waals surface area (Å²) in [4.78, 5) is 38.0. The van der Waals surface area contributed by atoms with Crippen LogP contribution in [0, 0.1) is 22.9 Å². The van der Waals surface area contributed by atoms with E-state index in [1.165, 1.54) is 24.3 Å². The minimum atomic E-state index is -1.34. The lowest BCUT2D eigenvalue weighted by molar-refractivity contribution is -0.385. The number of Topliss-reactive ketones (excluding diaryl/α,β-unsaturated/α-hetero) is 1. The minimum absolute atomic E-state index is 0.0152. The van der Waals surface area contributed by atoms with Gasteiger partial charge in [0.1, 0.15) is 17.3 Å². The SMILES string of the molecule is CCCOc1ccc(/C(O)=C2/C(=O)C(=O)N(c3cccc(F)c3)C2c2ccc(O)c([N+](=O)[O-])c2)cc1C. The Balaban J connectivity index is 1.93. The van der Waals surface area contributed by atoms with E-state index >= 15 is 0 Å². The maximum absolute atomic E-state index is 14.1. The summed E-state index contributed by atoms with van der Waals surface area (Å²) in [6.07, 6.45) is 0.795. The number of aliphatic hydroxyl groups is 1. The molecule has 37 heavy (non-hydrogen) atoms. The average molecular weight is 506 g/mol. The molecule has 1 aliphatic heterocycles. The summed E-state index contributed by atoms with van der Waals surface area (Å²) in [5.74, 6) is -3.31. The van der Waals surface area contributed by atoms with E-state index < -0.39 is 45.7 Å². The van der Waals surface area contributed by atoms with E-state index in [1.807, 2.05) is 6.92 Å². The number of benzene rings is 3. The van der Waals surface area contributed by atoms with Crippen molar-refractivity contribution in [3.63, 3.8) is 0 Å². The number of aryl methyl sites for hydroxylation is 1. The highest BCUT2D eigenvalue weighted by atomic mass is 19.1. The fraction of sp³-hybridized carbons (Fsp3) is 0.185. The Kier molecular flexibility index (Phi) is 6.92. The van der Waals surface area contributed by atoms with Gasteiger partial charge < -0.3 is 14.9 Å². The highest BCUT2D eigenvalue weighted by Gasteiger charge is 2.47. The zero-order chi connectivity index (χ0) is 26.9. The minimum Gasteiger partial charge on any atom is -0.507 e. The highest BCUT2D eigenvalue weighted by molar-refractivity contribution is 6.51. The van der Waals surface area contributed by atoms with Gasteiger partial charge in [-0.1, -0.05) is 19.1 Å². The van der Waals surface area contributed by atoms with Crippen LogP contribution in [0.2, 0.25) is 0 Å². The van der Waals surface area contributed by atoms with E-state index in [4.69, 9.17) is 4.74 Å². The van der Waals surface area contributed by atoms with Crippen LogP contribution in [-0.2, 0) is 9.59 Å². The number of amides is 1. The summed E-state index contributed by atoms with van der Waals surface area (Å²) in [7, 11) is 0. The zero-order valence-corrected chi connectivity index (χ0v) is 20.0. The molecule has 1 aliphatic rings. The number of hydrogen-bond donors (Lipinski definition) is 2. The van der Waals surface area contributed by atoms with Crippen LogP contribution in [0.25, 0.3) is 5.76 Å². The molecule has 0 radical (unpaired) electrons. The fourth-order valence-electron chi connectivity index (χ4n) is 4.22. The summed E-state index contributed by atoms with van der Waals surface area (Å²) in [5, 5.41) is 32.7. The largest absolute Gasteiger partial charge is 0.507 e. The monoisotopic (exact) mass is 506 g/mol. The molecule has 3 aromatic rings. The van der Waals surface area contributed by atoms with E-state index in [1.54, 1.807) is 19.1 Å². The molecule has 1 heterocycles. The van der Waals surface area contributed by atoms with Crippen LogP contribution in [0.5, 0.6) is 11.5 Å². The van der Waals surface area contributed by atoms with Gasteiger partial charge in [0.25, 0.3) is 11.7 Å². The van der Waals surface area contributed by atoms with Crippen molar-refractivity contribution in [2.45, 2.75) is 26.3 Å². The van der Waals surface area contributed by atoms with Crippen LogP contribution in [0.1, 0.15) is 36.1 Å². The van der Waals surface area contributed by atoms with Gasteiger partial charge in [-0.05, 0) is 66.9 Å². The van der Waals surface area contributed by atoms with Crippen molar-refractivity contribution in [2.24, 2.45) is 0 Å². The maximum atomic E-state index is 14.1. The molecule has 190 valence electrons. The Bertz CT molecular complexity index is 1450. The second-order valence-electron chi connectivity index (χ2n) is 8.48. The molecule has 1 unspecified atom stereocenters. The molecule has 1 atom stereocenters. The Morgan fingerprint density at radius 3 is 2.54 bits per heavy atom. The third-order valence-corrected chi connectivity index (χ3v) is 5.95. The number of aliphatic hydroxyl groups excluding tert-OH is 1. The lowest BCUT2D eigenvalue weighted by atomic mass is 9.94. The first-order chi connectivity index (χ1) is 17.6. The van der Waals surface area contributed by atoms with Crippen molar-refractivity contribution in [1.82, 2.24) is 0 Å². The Hall–Kier alpha value is -4.73. The van der Waals surface area contributed by atoms with Crippen LogP contribution in [0.15, 0.2) is 66.2 Å². The molecule has 0 spiro atoms. The number of carbonyl (C=O) groups excluding carboxylic acids is 2. The normalized spacial score (nSPS) is 16.7. The van der Waals surface area contributed by atoms with E-state index in [0.717, 1.165) is 35.6 Å². The maximum Gasteiger partial charge on any atom is 0.311 e. The van der Waals surface area contributed by atoms with Crippen LogP contribution >= 0.6 is 0 Å². The summed E-state index contributed by atoms with van der Waals surface area (Å²) >= 11 is 0. The number of carbonyl (C=O) groups is 2. The number of nitrogens with zero attached hydrogens (tertiary/aromatic N) is 2. The third kappa shape index (κ3) is 4.73. The van der Waals surface area contributed by atoms with Gasteiger partial charge in [0.15, 0.2) is 5.75 Å². The van der Waals surface area contributed by atoms with Crippen LogP contribution in [-0.4, -0.2) is 33.4 Å². The lowest BCUT2D eigenvalue weighted by Crippen LogP contribution is -2.29. The first-order valence-corrected chi connectivity index (χ1v) is 11.4. The van der Waals surface area contributed by atoms with E-state index in [2.05, 4.69) is 0 Å². The molecule has 10 heteroatoms. The van der Waals surface area contributed by atoms with Crippen molar-refractivity contribution < 1.29 is 33.9 Å². The molecular formula is C27H23FN2O7. The quantitative estimate of drug-likeness (QED) is 0.149. The molecule has 3 aromatic carbocycles. The van der Waals surface area contributed by atoms with Gasteiger partial charge in [0.2, 0.25) is 0 Å². The van der Waals surface area contributed by atoms with Crippen molar-refractivity contribution in [3.05, 3.63) is 98.9 Å². The summed E-state index contributed by atoms with van der Waals surface area (Å²) in [5.41, 5.74) is -0.0208. The molecule has 4 rings (SSSR count). The van der Waals surface area contributed by atoms with Gasteiger partial charge in [-0.3, -0.25) is 24.6 Å². The zero-order valence-electron chi connectivity index (χ0n) is 20.0. The van der Waals surface area contributed by atoms with Crippen molar-refractivity contribution in [2.75, 3.05) is 11.5 Å². The van der Waals surface area contributed by atoms with E-state index in [9.17, 15) is 34.3 Å². The average Bonchev–Trinajstić information content (AvgIpc) is 3.13. The van der Waals surface area contributed by atoms with Gasteiger partial charge in [-0.25, -0.2) is 4.39 Å². The molecule has 0 aromatic heterocycles. The smallest absolute Gasteiger partial charge is 0.311 e. The molecule has 1 fully saturated rings. The first kappa shape index (κ1) is 25.4. The number of anilines is 1. The molecule has 0 bridgehead atoms. The van der Waals surface area contributed by atoms with Crippen molar-refractivity contribution >= 4 is 28.8 Å². The van der Waals surface area contributed by atoms with Gasteiger partial charge in [0.05, 0.1) is 23.1 Å². The number of ketones is 1. The molecule has 9 nitrogen and oxygen atoms in total. The Morgan fingerprint density at radius 1 is 1.14 bits per heavy atom. The number of phenolic OH excluding ortho intramolecular Hbond substituents is 1. The first-order valence-electron chi connectivity index (χ1n) is 11.4. The fourth-order valence-corrected chi connectivity index (χ4v) is 4.22. The van der Waals surface area contributed by atoms with Gasteiger partial charge in [0, 0.05) is 17.3 Å². The molecule has 0 aliphatic carbocycles. The number of rotatable bonds is 7. The predicted molar refractivity (Wildman–Crippen MR) is 133 cm³/mol. The number of nitro benzene ring substituents is 1. The lowest BCUT2D eigenvalue weighted by Gasteiger charge is -2.25. The summed E-state index contributed by atoms with van der Waals surface area (Å²) in [6, 6.07) is 11.7. The van der Waals surface area contributed by atoms with E-state index in [0.29, 0.717) is 17.9 Å². The van der Waals surface area contributed by atoms with Gasteiger partial charge in [-0.2, -0.15) is 0 Å². The van der Waals surface area contributed by atoms with Gasteiger partial charge >= 0.3 is 5.69 Å². The molecule has 1 saturated heterocycles. The van der Waals surface area contributed by atoms with Crippen LogP contribution in [0.4, 0.5) is 15.8 Å². The number of halogens is 1. The number of phenols is 1. The summed E-state index contributed by atoms with van der Waals surface area (Å²) < 4.78 is 19.7. The van der Waals surface area contributed by atoms with Crippen molar-refractivity contribution in [1.29, 1.82) is 0 Å². The third-order valence-electron chi connectivity index (χ3n) is 5.95. The summed E-state index contributed by atoms with van der Waals surface area (Å²) in [6.45, 7) is 4.21. The topological polar surface area (TPSA) is 130 Å². The second kappa shape index (κ2) is 10.1. The Morgan fingerprint density at radius 2 is 1.89 bits per heavy atom. The van der Waals surface area contributed by atoms with Crippen LogP contribution < -0.4 is 9.64 Å². The van der Waals surface area contributed by atoms with Crippen LogP contribution in [0.3, 0.4) is 0 Å². The number of hydrogen-bond acceptors (Lipinski definition) is 7. The standard InChI is InChI=1S/C27H23FN2O7/c1-3-11-37-22-10-8-17(12-15(22)2)25(32)23-24(16-7-9-21(31)20(13-16)30(35)36)29(27(34)26(23)33)19-6-4-5-18(28)14-19/h4-10,12-14,24,31-32H,3,11H2,1-2H3/b25-23-. The molecular weight excluding hydrogens is 483 g/mol. The Labute approximate surface area is 211 Å². The second-order valence-corrected chi connectivity index (χ2v) is 8.48. The van der Waals surface area contributed by atoms with Crippen molar-refractivity contribution in [3.8, 4) is 11.5 Å². The predicted octanol–water partition coefficient (Wildman–Crippen LogP) is 5.16. The number of nitro groups is 1. The molecule has 2 N–H and O–H groups in total. The molecule has 0 saturated carbocycles. The number of ether oxygens (including phenoxy) is 1. The van der Waals surface area contributed by atoms with E-state index in [-0.39, 0.29) is 22.4 Å². The highest BCUT2D eigenvalue weighted by Crippen LogP contribution is 2.44. The van der Waals surface area contributed by atoms with Gasteiger partial charge in [-0.15, -0.1) is 0 Å². The number of aromatic hydroxyl groups is 1.